The van der Waals surface area contributed by atoms with Crippen molar-refractivity contribution in [3.8, 4) is 11.1 Å². The van der Waals surface area contributed by atoms with Gasteiger partial charge in [0.15, 0.2) is 0 Å². The Morgan fingerprint density at radius 3 is 2.52 bits per heavy atom. The van der Waals surface area contributed by atoms with Crippen LogP contribution in [0.15, 0.2) is 28.4 Å². The number of ether oxygens (including phenoxy) is 1. The van der Waals surface area contributed by atoms with Gasteiger partial charge in [0.1, 0.15) is 10.7 Å². The number of rotatable bonds is 11. The molecule has 0 unspecified atom stereocenters. The second kappa shape index (κ2) is 11.4. The number of nitrogens with zero attached hydrogens (tertiary/aromatic N) is 2. The van der Waals surface area contributed by atoms with Gasteiger partial charge in [-0.25, -0.2) is 4.98 Å². The Hall–Kier alpha value is -2.06. The largest absolute Gasteiger partial charge is 0.389 e. The van der Waals surface area contributed by atoms with E-state index < -0.39 is 6.10 Å². The smallest absolute Gasteiger partial charge is 0.260 e. The molecule has 0 radical (unpaired) electrons. The summed E-state index contributed by atoms with van der Waals surface area (Å²) in [7, 11) is 0. The van der Waals surface area contributed by atoms with Crippen LogP contribution in [0.2, 0.25) is 0 Å². The van der Waals surface area contributed by atoms with Gasteiger partial charge in [0.2, 0.25) is 0 Å². The molecule has 2 heterocycles. The molecule has 33 heavy (non-hydrogen) atoms. The van der Waals surface area contributed by atoms with E-state index in [0.29, 0.717) is 49.3 Å². The predicted octanol–water partition coefficient (Wildman–Crippen LogP) is 4.76. The summed E-state index contributed by atoms with van der Waals surface area (Å²) in [4.78, 5) is 23.7. The molecule has 7 heteroatoms. The van der Waals surface area contributed by atoms with Crippen molar-refractivity contribution >= 4 is 21.6 Å². The van der Waals surface area contributed by atoms with Crippen LogP contribution in [0.25, 0.3) is 21.3 Å². The van der Waals surface area contributed by atoms with Crippen molar-refractivity contribution in [1.82, 2.24) is 14.9 Å². The first-order valence-corrected chi connectivity index (χ1v) is 12.6. The Balaban J connectivity index is 1.80. The zero-order chi connectivity index (χ0) is 24.1. The number of aromatic amines is 1. The first kappa shape index (κ1) is 25.6. The lowest BCUT2D eigenvalue weighted by atomic mass is 10.0. The van der Waals surface area contributed by atoms with Crippen LogP contribution in [-0.2, 0) is 11.3 Å². The number of aromatic nitrogens is 2. The highest BCUT2D eigenvalue weighted by Crippen LogP contribution is 2.31. The molecule has 0 spiro atoms. The molecule has 3 aromatic rings. The molecular formula is C26H37N3O3S. The molecule has 0 saturated heterocycles. The van der Waals surface area contributed by atoms with Gasteiger partial charge in [-0.05, 0) is 42.4 Å². The van der Waals surface area contributed by atoms with Crippen LogP contribution in [0.5, 0.6) is 0 Å². The Labute approximate surface area is 200 Å². The van der Waals surface area contributed by atoms with E-state index in [1.807, 2.05) is 5.38 Å². The molecule has 0 aliphatic heterocycles. The van der Waals surface area contributed by atoms with Crippen molar-refractivity contribution in [2.45, 2.75) is 54.2 Å². The van der Waals surface area contributed by atoms with Crippen molar-refractivity contribution < 1.29 is 9.84 Å². The number of thiophene rings is 1. The minimum Gasteiger partial charge on any atom is -0.389 e. The lowest BCUT2D eigenvalue weighted by Gasteiger charge is -2.26. The van der Waals surface area contributed by atoms with E-state index in [4.69, 9.17) is 9.72 Å². The van der Waals surface area contributed by atoms with Crippen LogP contribution < -0.4 is 5.56 Å². The number of aliphatic hydroxyl groups excluding tert-OH is 1. The van der Waals surface area contributed by atoms with Crippen LogP contribution >= 0.6 is 11.3 Å². The fourth-order valence-electron chi connectivity index (χ4n) is 3.91. The second-order valence-corrected chi connectivity index (χ2v) is 10.7. The molecule has 0 aliphatic rings. The third-order valence-electron chi connectivity index (χ3n) is 5.54. The summed E-state index contributed by atoms with van der Waals surface area (Å²) in [6.45, 7) is 15.3. The van der Waals surface area contributed by atoms with Gasteiger partial charge in [0, 0.05) is 30.6 Å². The Kier molecular flexibility index (Phi) is 8.82. The summed E-state index contributed by atoms with van der Waals surface area (Å²) in [5, 5.41) is 13.1. The summed E-state index contributed by atoms with van der Waals surface area (Å²) in [6.07, 6.45) is -0.587. The monoisotopic (exact) mass is 471 g/mol. The first-order chi connectivity index (χ1) is 15.6. The van der Waals surface area contributed by atoms with E-state index >= 15 is 0 Å². The van der Waals surface area contributed by atoms with Gasteiger partial charge in [0.25, 0.3) is 5.56 Å². The maximum Gasteiger partial charge on any atom is 0.260 e. The lowest BCUT2D eigenvalue weighted by Crippen LogP contribution is -2.37. The van der Waals surface area contributed by atoms with Crippen LogP contribution in [0.3, 0.4) is 0 Å². The zero-order valence-electron chi connectivity index (χ0n) is 20.6. The number of nitrogens with one attached hydrogen (secondary N) is 1. The number of hydrogen-bond donors (Lipinski definition) is 2. The maximum absolute atomic E-state index is 13.1. The Morgan fingerprint density at radius 2 is 1.85 bits per heavy atom. The third kappa shape index (κ3) is 6.96. The number of benzene rings is 1. The highest BCUT2D eigenvalue weighted by molar-refractivity contribution is 7.17. The van der Waals surface area contributed by atoms with E-state index in [2.05, 4.69) is 69.6 Å². The summed E-state index contributed by atoms with van der Waals surface area (Å²) in [5.41, 5.74) is 4.28. The molecule has 0 bridgehead atoms. The SMILES string of the molecule is Cc1ccc(-c2csc3nc(CN(CC(C)C)C[C@H](O)COCC(C)C)[nH]c(=O)c23)cc1C. The van der Waals surface area contributed by atoms with Crippen molar-refractivity contribution in [3.63, 3.8) is 0 Å². The van der Waals surface area contributed by atoms with Crippen molar-refractivity contribution in [3.05, 3.63) is 50.9 Å². The normalized spacial score (nSPS) is 13.0. The molecule has 1 aromatic carbocycles. The topological polar surface area (TPSA) is 78.5 Å². The minimum absolute atomic E-state index is 0.116. The standard InChI is InChI=1S/C26H37N3O3S/c1-16(2)10-29(11-21(30)14-32-13-17(3)4)12-23-27-25(31)24-22(15-33-26(24)28-23)20-8-7-18(5)19(6)9-20/h7-9,15-17,21,30H,10-14H2,1-6H3,(H,27,28,31)/t21-/m0/s1. The summed E-state index contributed by atoms with van der Waals surface area (Å²) < 4.78 is 5.60. The van der Waals surface area contributed by atoms with Crippen molar-refractivity contribution in [1.29, 1.82) is 0 Å². The fourth-order valence-corrected chi connectivity index (χ4v) is 4.88. The Bertz CT molecular complexity index is 1120. The van der Waals surface area contributed by atoms with Crippen molar-refractivity contribution in [2.24, 2.45) is 11.8 Å². The molecular weight excluding hydrogens is 434 g/mol. The zero-order valence-corrected chi connectivity index (χ0v) is 21.5. The number of hydrogen-bond acceptors (Lipinski definition) is 6. The Morgan fingerprint density at radius 1 is 1.09 bits per heavy atom. The minimum atomic E-state index is -0.587. The van der Waals surface area contributed by atoms with Gasteiger partial charge in [-0.1, -0.05) is 45.9 Å². The van der Waals surface area contributed by atoms with Crippen LogP contribution in [0.1, 0.15) is 44.6 Å². The number of H-pyrrole nitrogens is 1. The molecule has 2 aromatic heterocycles. The molecule has 6 nitrogen and oxygen atoms in total. The van der Waals surface area contributed by atoms with Crippen LogP contribution in [0.4, 0.5) is 0 Å². The van der Waals surface area contributed by atoms with E-state index in [9.17, 15) is 9.90 Å². The maximum atomic E-state index is 13.1. The summed E-state index contributed by atoms with van der Waals surface area (Å²) in [6, 6.07) is 6.27. The molecule has 2 N–H and O–H groups in total. The quantitative estimate of drug-likeness (QED) is 0.422. The van der Waals surface area contributed by atoms with Crippen molar-refractivity contribution in [2.75, 3.05) is 26.3 Å². The van der Waals surface area contributed by atoms with Gasteiger partial charge in [-0.3, -0.25) is 9.69 Å². The van der Waals surface area contributed by atoms with Gasteiger partial charge in [-0.15, -0.1) is 11.3 Å². The molecule has 0 saturated carbocycles. The van der Waals surface area contributed by atoms with E-state index in [1.54, 1.807) is 0 Å². The molecule has 3 rings (SSSR count). The van der Waals surface area contributed by atoms with Gasteiger partial charge in [-0.2, -0.15) is 0 Å². The number of aryl methyl sites for hydroxylation is 2. The predicted molar refractivity (Wildman–Crippen MR) is 137 cm³/mol. The first-order valence-electron chi connectivity index (χ1n) is 11.7. The average Bonchev–Trinajstić information content (AvgIpc) is 3.13. The molecule has 0 aliphatic carbocycles. The summed E-state index contributed by atoms with van der Waals surface area (Å²) >= 11 is 1.50. The van der Waals surface area contributed by atoms with Gasteiger partial charge in [0.05, 0.1) is 24.6 Å². The van der Waals surface area contributed by atoms with Crippen LogP contribution in [-0.4, -0.2) is 52.4 Å². The van der Waals surface area contributed by atoms with E-state index in [1.165, 1.54) is 22.5 Å². The van der Waals surface area contributed by atoms with Crippen LogP contribution in [0, 0.1) is 25.7 Å². The highest BCUT2D eigenvalue weighted by atomic mass is 32.1. The molecule has 1 atom stereocenters. The number of fused-ring (bicyclic) bond motifs is 1. The van der Waals surface area contributed by atoms with Gasteiger partial charge >= 0.3 is 0 Å². The van der Waals surface area contributed by atoms with Gasteiger partial charge < -0.3 is 14.8 Å². The highest BCUT2D eigenvalue weighted by Gasteiger charge is 2.18. The van der Waals surface area contributed by atoms with E-state index in [0.717, 1.165) is 22.5 Å². The molecule has 180 valence electrons. The molecule has 0 amide bonds. The average molecular weight is 472 g/mol. The summed E-state index contributed by atoms with van der Waals surface area (Å²) in [5.74, 6) is 1.48. The number of aliphatic hydroxyl groups is 1. The van der Waals surface area contributed by atoms with E-state index in [-0.39, 0.29) is 5.56 Å². The third-order valence-corrected chi connectivity index (χ3v) is 6.41. The molecule has 0 fully saturated rings. The fraction of sp³-hybridized carbons (Fsp3) is 0.538. The second-order valence-electron chi connectivity index (χ2n) is 9.81. The lowest BCUT2D eigenvalue weighted by molar-refractivity contribution is 0.00485.